The van der Waals surface area contributed by atoms with Crippen LogP contribution in [0.5, 0.6) is 0 Å². The summed E-state index contributed by atoms with van der Waals surface area (Å²) in [5.41, 5.74) is 1.67. The molecule has 0 aromatic heterocycles. The number of hydrogen-bond donors (Lipinski definition) is 3. The highest BCUT2D eigenvalue weighted by Crippen LogP contribution is 2.03. The van der Waals surface area contributed by atoms with E-state index in [-0.39, 0.29) is 0 Å². The van der Waals surface area contributed by atoms with Crippen molar-refractivity contribution in [3.8, 4) is 0 Å². The van der Waals surface area contributed by atoms with Gasteiger partial charge >= 0.3 is 13.9 Å². The SMILES string of the molecule is C[C@@H](O)[C@H](NOP(=O)=O)C(=O)O. The molecule has 0 aliphatic heterocycles. The molecule has 0 saturated heterocycles. The highest BCUT2D eigenvalue weighted by molar-refractivity contribution is 7.24. The monoisotopic (exact) mass is 197 g/mol. The Morgan fingerprint density at radius 3 is 2.33 bits per heavy atom. The average Bonchev–Trinajstić information content (AvgIpc) is 1.84. The van der Waals surface area contributed by atoms with Crippen molar-refractivity contribution in [2.75, 3.05) is 0 Å². The van der Waals surface area contributed by atoms with E-state index in [4.69, 9.17) is 10.2 Å². The summed E-state index contributed by atoms with van der Waals surface area (Å²) in [4.78, 5) is 10.3. The number of carboxylic acid groups (broad SMARTS) is 1. The number of carboxylic acids is 1. The third kappa shape index (κ3) is 4.20. The van der Waals surface area contributed by atoms with Crippen LogP contribution in [0.4, 0.5) is 0 Å². The second-order valence-corrected chi connectivity index (χ2v) is 2.62. The van der Waals surface area contributed by atoms with Gasteiger partial charge in [0.05, 0.1) is 6.10 Å². The molecular weight excluding hydrogens is 189 g/mol. The lowest BCUT2D eigenvalue weighted by molar-refractivity contribution is -0.145. The van der Waals surface area contributed by atoms with E-state index in [0.29, 0.717) is 0 Å². The Morgan fingerprint density at radius 1 is 1.58 bits per heavy atom. The fraction of sp³-hybridized carbons (Fsp3) is 0.750. The van der Waals surface area contributed by atoms with Gasteiger partial charge in [-0.15, -0.1) is 0 Å². The van der Waals surface area contributed by atoms with Gasteiger partial charge in [0.1, 0.15) is 0 Å². The molecular formula is C4H8NO6P. The Kier molecular flexibility index (Phi) is 4.68. The number of hydroxylamine groups is 1. The predicted molar refractivity (Wildman–Crippen MR) is 35.6 cm³/mol. The Bertz CT molecular complexity index is 216. The third-order valence-corrected chi connectivity index (χ3v) is 1.26. The summed E-state index contributed by atoms with van der Waals surface area (Å²) in [7, 11) is -3.17. The molecule has 7 nitrogen and oxygen atoms in total. The summed E-state index contributed by atoms with van der Waals surface area (Å²) < 4.78 is 23.4. The molecule has 0 aromatic rings. The number of aliphatic hydroxyl groups is 1. The van der Waals surface area contributed by atoms with Crippen LogP contribution in [0, 0.1) is 0 Å². The second-order valence-electron chi connectivity index (χ2n) is 1.99. The molecule has 0 spiro atoms. The van der Waals surface area contributed by atoms with Crippen LogP contribution >= 0.6 is 7.91 Å². The van der Waals surface area contributed by atoms with Crippen molar-refractivity contribution in [1.29, 1.82) is 0 Å². The van der Waals surface area contributed by atoms with Crippen molar-refractivity contribution in [3.63, 3.8) is 0 Å². The number of hydrogen-bond acceptors (Lipinski definition) is 6. The van der Waals surface area contributed by atoms with Gasteiger partial charge in [-0.1, -0.05) is 0 Å². The average molecular weight is 197 g/mol. The molecule has 0 amide bonds. The van der Waals surface area contributed by atoms with E-state index in [1.165, 1.54) is 6.92 Å². The van der Waals surface area contributed by atoms with E-state index in [1.807, 2.05) is 0 Å². The van der Waals surface area contributed by atoms with Crippen LogP contribution < -0.4 is 5.48 Å². The maximum Gasteiger partial charge on any atom is 0.485 e. The molecule has 12 heavy (non-hydrogen) atoms. The summed E-state index contributed by atoms with van der Waals surface area (Å²) >= 11 is 0. The molecule has 0 unspecified atom stereocenters. The van der Waals surface area contributed by atoms with Gasteiger partial charge in [0.15, 0.2) is 6.04 Å². The molecule has 3 N–H and O–H groups in total. The van der Waals surface area contributed by atoms with Crippen LogP contribution in [0.25, 0.3) is 0 Å². The first kappa shape index (κ1) is 11.2. The maximum absolute atomic E-state index is 10.3. The maximum atomic E-state index is 10.3. The minimum Gasteiger partial charge on any atom is -0.480 e. The molecule has 0 heterocycles. The minimum atomic E-state index is -3.17. The lowest BCUT2D eigenvalue weighted by Crippen LogP contribution is -2.43. The lowest BCUT2D eigenvalue weighted by atomic mass is 10.2. The fourth-order valence-corrected chi connectivity index (χ4v) is 0.655. The fourth-order valence-electron chi connectivity index (χ4n) is 0.455. The molecule has 0 rings (SSSR count). The highest BCUT2D eigenvalue weighted by atomic mass is 31.1. The van der Waals surface area contributed by atoms with Crippen LogP contribution in [0.15, 0.2) is 0 Å². The highest BCUT2D eigenvalue weighted by Gasteiger charge is 2.23. The first-order chi connectivity index (χ1) is 5.45. The van der Waals surface area contributed by atoms with Crippen LogP contribution in [0.1, 0.15) is 6.92 Å². The zero-order valence-corrected chi connectivity index (χ0v) is 7.02. The standard InChI is InChI=1S/C4H8NO6P/c1-2(6)3(4(7)8)5-11-12(9)10/h2-3,5-6H,1H3,(H,7,8)/t2-,3+/m1/s1. The van der Waals surface area contributed by atoms with E-state index in [0.717, 1.165) is 0 Å². The van der Waals surface area contributed by atoms with Gasteiger partial charge in [-0.2, -0.15) is 10.1 Å². The molecule has 70 valence electrons. The smallest absolute Gasteiger partial charge is 0.480 e. The van der Waals surface area contributed by atoms with E-state index in [1.54, 1.807) is 5.48 Å². The Morgan fingerprint density at radius 2 is 2.08 bits per heavy atom. The van der Waals surface area contributed by atoms with E-state index < -0.39 is 26.0 Å². The summed E-state index contributed by atoms with van der Waals surface area (Å²) in [5.74, 6) is -1.40. The van der Waals surface area contributed by atoms with E-state index in [9.17, 15) is 13.9 Å². The van der Waals surface area contributed by atoms with Crippen LogP contribution in [-0.2, 0) is 18.5 Å². The number of aliphatic carboxylic acids is 1. The van der Waals surface area contributed by atoms with Gasteiger partial charge in [0.25, 0.3) is 0 Å². The van der Waals surface area contributed by atoms with Crippen molar-refractivity contribution in [3.05, 3.63) is 0 Å². The van der Waals surface area contributed by atoms with Gasteiger partial charge in [0.2, 0.25) is 0 Å². The molecule has 0 radical (unpaired) electrons. The Labute approximate surface area is 68.2 Å². The van der Waals surface area contributed by atoms with Crippen LogP contribution in [0.2, 0.25) is 0 Å². The van der Waals surface area contributed by atoms with Crippen LogP contribution in [-0.4, -0.2) is 28.3 Å². The van der Waals surface area contributed by atoms with E-state index >= 15 is 0 Å². The Balaban J connectivity index is 4.05. The topological polar surface area (TPSA) is 113 Å². The lowest BCUT2D eigenvalue weighted by Gasteiger charge is -2.13. The van der Waals surface area contributed by atoms with Crippen molar-refractivity contribution in [1.82, 2.24) is 5.48 Å². The quantitative estimate of drug-likeness (QED) is 0.399. The third-order valence-electron chi connectivity index (χ3n) is 1.00. The molecule has 0 bridgehead atoms. The molecule has 0 aliphatic carbocycles. The zero-order valence-electron chi connectivity index (χ0n) is 6.13. The van der Waals surface area contributed by atoms with Gasteiger partial charge < -0.3 is 10.2 Å². The molecule has 8 heteroatoms. The van der Waals surface area contributed by atoms with Crippen molar-refractivity contribution < 1.29 is 28.8 Å². The summed E-state index contributed by atoms with van der Waals surface area (Å²) in [5, 5.41) is 17.1. The number of aliphatic hydroxyl groups excluding tert-OH is 1. The number of carbonyl (C=O) groups is 1. The minimum absolute atomic E-state index is 1.19. The van der Waals surface area contributed by atoms with E-state index in [2.05, 4.69) is 4.62 Å². The number of nitrogens with one attached hydrogen (secondary N) is 1. The largest absolute Gasteiger partial charge is 0.485 e. The summed E-state index contributed by atoms with van der Waals surface area (Å²) in [6.07, 6.45) is -1.25. The molecule has 0 aromatic carbocycles. The van der Waals surface area contributed by atoms with Gasteiger partial charge in [-0.3, -0.25) is 4.79 Å². The van der Waals surface area contributed by atoms with Gasteiger partial charge in [-0.25, -0.2) is 9.13 Å². The van der Waals surface area contributed by atoms with Gasteiger partial charge in [-0.05, 0) is 6.92 Å². The first-order valence-electron chi connectivity index (χ1n) is 2.93. The van der Waals surface area contributed by atoms with Crippen molar-refractivity contribution in [2.24, 2.45) is 0 Å². The summed E-state index contributed by atoms with van der Waals surface area (Å²) in [6, 6.07) is -1.46. The normalized spacial score (nSPS) is 15.2. The Hall–Kier alpha value is -0.750. The molecule has 2 atom stereocenters. The van der Waals surface area contributed by atoms with Crippen molar-refractivity contribution >= 4 is 13.9 Å². The van der Waals surface area contributed by atoms with Gasteiger partial charge in [0, 0.05) is 0 Å². The predicted octanol–water partition coefficient (Wildman–Crippen LogP) is -0.571. The summed E-state index contributed by atoms with van der Waals surface area (Å²) in [6.45, 7) is 1.19. The molecule has 0 aliphatic rings. The molecule has 0 saturated carbocycles. The zero-order chi connectivity index (χ0) is 9.72. The van der Waals surface area contributed by atoms with Crippen LogP contribution in [0.3, 0.4) is 0 Å². The van der Waals surface area contributed by atoms with Crippen molar-refractivity contribution in [2.45, 2.75) is 19.1 Å². The second kappa shape index (κ2) is 5.00. The number of rotatable bonds is 5. The molecule has 0 fully saturated rings. The first-order valence-corrected chi connectivity index (χ1v) is 4.02.